The van der Waals surface area contributed by atoms with Crippen molar-refractivity contribution in [1.82, 2.24) is 9.97 Å². The molecule has 4 rings (SSSR count). The van der Waals surface area contributed by atoms with Gasteiger partial charge in [-0.15, -0.1) is 11.3 Å². The van der Waals surface area contributed by atoms with Crippen molar-refractivity contribution in [2.24, 2.45) is 0 Å². The van der Waals surface area contributed by atoms with Gasteiger partial charge in [-0.3, -0.25) is 0 Å². The van der Waals surface area contributed by atoms with Crippen molar-refractivity contribution in [1.29, 1.82) is 0 Å². The van der Waals surface area contributed by atoms with Crippen LogP contribution >= 0.6 is 11.3 Å². The molecule has 0 spiro atoms. The number of hydrogen-bond acceptors (Lipinski definition) is 6. The van der Waals surface area contributed by atoms with Crippen LogP contribution in [0.3, 0.4) is 0 Å². The van der Waals surface area contributed by atoms with Gasteiger partial charge in [0.2, 0.25) is 0 Å². The van der Waals surface area contributed by atoms with Crippen molar-refractivity contribution in [2.75, 3.05) is 23.0 Å². The Morgan fingerprint density at radius 2 is 1.87 bits per heavy atom. The van der Waals surface area contributed by atoms with Crippen molar-refractivity contribution in [3.8, 4) is 11.1 Å². The number of amides is 2. The van der Waals surface area contributed by atoms with Crippen LogP contribution in [0.5, 0.6) is 0 Å². The fourth-order valence-corrected chi connectivity index (χ4v) is 4.62. The van der Waals surface area contributed by atoms with Gasteiger partial charge in [0, 0.05) is 34.8 Å². The Balaban J connectivity index is 1.56. The van der Waals surface area contributed by atoms with Crippen molar-refractivity contribution in [3.63, 3.8) is 0 Å². The standard InChI is InChI=1S/C23H23N5O2S/c1-2-14-4-3-5-17(12-14)28-23(30)27-16-8-6-15(7-9-16)19-18(10-11-29)31-22-20(19)21(24)25-13-26-22/h3-9,12-13,29H,2,10-11H2,1H3,(H2,24,25,26)(H2,27,28,30). The fourth-order valence-electron chi connectivity index (χ4n) is 3.47. The van der Waals surface area contributed by atoms with Gasteiger partial charge < -0.3 is 21.5 Å². The maximum atomic E-state index is 12.4. The van der Waals surface area contributed by atoms with Crippen LogP contribution in [-0.2, 0) is 12.8 Å². The molecule has 7 nitrogen and oxygen atoms in total. The summed E-state index contributed by atoms with van der Waals surface area (Å²) >= 11 is 1.51. The number of urea groups is 1. The first-order valence-electron chi connectivity index (χ1n) is 9.99. The number of aliphatic hydroxyl groups is 1. The van der Waals surface area contributed by atoms with Gasteiger partial charge in [0.15, 0.2) is 0 Å². The van der Waals surface area contributed by atoms with Gasteiger partial charge in [-0.25, -0.2) is 14.8 Å². The summed E-state index contributed by atoms with van der Waals surface area (Å²) in [6.45, 7) is 2.11. The van der Waals surface area contributed by atoms with Crippen LogP contribution in [0.1, 0.15) is 17.4 Å². The minimum absolute atomic E-state index is 0.0339. The number of nitrogens with one attached hydrogen (secondary N) is 2. The van der Waals surface area contributed by atoms with Crippen molar-refractivity contribution >= 4 is 44.8 Å². The number of carbonyl (C=O) groups is 1. The van der Waals surface area contributed by atoms with Crippen molar-refractivity contribution < 1.29 is 9.90 Å². The van der Waals surface area contributed by atoms with E-state index in [1.54, 1.807) is 0 Å². The molecular weight excluding hydrogens is 410 g/mol. The third kappa shape index (κ3) is 4.50. The molecule has 2 aromatic heterocycles. The molecule has 0 saturated heterocycles. The van der Waals surface area contributed by atoms with Crippen molar-refractivity contribution in [2.45, 2.75) is 19.8 Å². The molecule has 0 aliphatic rings. The first-order valence-corrected chi connectivity index (χ1v) is 10.8. The van der Waals surface area contributed by atoms with E-state index < -0.39 is 0 Å². The molecule has 0 atom stereocenters. The number of rotatable bonds is 6. The predicted molar refractivity (Wildman–Crippen MR) is 127 cm³/mol. The van der Waals surface area contributed by atoms with E-state index in [1.165, 1.54) is 17.7 Å². The largest absolute Gasteiger partial charge is 0.396 e. The molecule has 5 N–H and O–H groups in total. The molecular formula is C23H23N5O2S. The second-order valence-electron chi connectivity index (χ2n) is 7.02. The zero-order chi connectivity index (χ0) is 21.8. The number of nitrogen functional groups attached to an aromatic ring is 1. The summed E-state index contributed by atoms with van der Waals surface area (Å²) in [7, 11) is 0. The molecule has 0 unspecified atom stereocenters. The van der Waals surface area contributed by atoms with E-state index in [2.05, 4.69) is 27.5 Å². The number of nitrogens with two attached hydrogens (primary N) is 1. The molecule has 0 bridgehead atoms. The number of benzene rings is 2. The van der Waals surface area contributed by atoms with Crippen LogP contribution in [0.2, 0.25) is 0 Å². The van der Waals surface area contributed by atoms with E-state index in [9.17, 15) is 9.90 Å². The molecule has 0 radical (unpaired) electrons. The summed E-state index contributed by atoms with van der Waals surface area (Å²) in [5, 5.41) is 16.0. The number of carbonyl (C=O) groups excluding carboxylic acids is 1. The molecule has 0 fully saturated rings. The highest BCUT2D eigenvalue weighted by Gasteiger charge is 2.17. The molecule has 2 amide bonds. The van der Waals surface area contributed by atoms with E-state index in [-0.39, 0.29) is 12.6 Å². The van der Waals surface area contributed by atoms with Gasteiger partial charge in [0.05, 0.1) is 5.39 Å². The van der Waals surface area contributed by atoms with Gasteiger partial charge in [-0.05, 0) is 41.8 Å². The van der Waals surface area contributed by atoms with Gasteiger partial charge in [-0.2, -0.15) is 0 Å². The lowest BCUT2D eigenvalue weighted by atomic mass is 10.0. The Morgan fingerprint density at radius 3 is 2.61 bits per heavy atom. The zero-order valence-corrected chi connectivity index (χ0v) is 17.9. The number of hydrogen-bond donors (Lipinski definition) is 4. The Kier molecular flexibility index (Phi) is 6.11. The summed E-state index contributed by atoms with van der Waals surface area (Å²) in [5.41, 5.74) is 10.6. The number of anilines is 3. The lowest BCUT2D eigenvalue weighted by Gasteiger charge is -2.10. The summed E-state index contributed by atoms with van der Waals surface area (Å²) in [6.07, 6.45) is 2.86. The lowest BCUT2D eigenvalue weighted by Crippen LogP contribution is -2.19. The minimum Gasteiger partial charge on any atom is -0.396 e. The average molecular weight is 434 g/mol. The van der Waals surface area contributed by atoms with E-state index in [4.69, 9.17) is 5.73 Å². The van der Waals surface area contributed by atoms with Crippen LogP contribution in [0.15, 0.2) is 54.9 Å². The minimum atomic E-state index is -0.305. The van der Waals surface area contributed by atoms with Crippen LogP contribution in [0.25, 0.3) is 21.3 Å². The molecule has 2 aromatic carbocycles. The molecule has 8 heteroatoms. The molecule has 2 heterocycles. The number of aromatic nitrogens is 2. The van der Waals surface area contributed by atoms with Crippen LogP contribution in [0, 0.1) is 0 Å². The third-order valence-corrected chi connectivity index (χ3v) is 6.11. The maximum absolute atomic E-state index is 12.4. The normalized spacial score (nSPS) is 10.9. The molecule has 31 heavy (non-hydrogen) atoms. The van der Waals surface area contributed by atoms with Gasteiger partial charge in [0.1, 0.15) is 17.0 Å². The van der Waals surface area contributed by atoms with E-state index in [0.29, 0.717) is 17.9 Å². The van der Waals surface area contributed by atoms with Crippen molar-refractivity contribution in [3.05, 3.63) is 65.3 Å². The second kappa shape index (κ2) is 9.11. The fraction of sp³-hybridized carbons (Fsp3) is 0.174. The highest BCUT2D eigenvalue weighted by Crippen LogP contribution is 2.40. The number of fused-ring (bicyclic) bond motifs is 1. The molecule has 4 aromatic rings. The van der Waals surface area contributed by atoms with E-state index >= 15 is 0 Å². The number of aryl methyl sites for hydroxylation is 1. The first-order chi connectivity index (χ1) is 15.1. The Bertz CT molecular complexity index is 1220. The highest BCUT2D eigenvalue weighted by atomic mass is 32.1. The molecule has 0 saturated carbocycles. The number of nitrogens with zero attached hydrogens (tertiary/aromatic N) is 2. The van der Waals surface area contributed by atoms with Gasteiger partial charge in [0.25, 0.3) is 0 Å². The Morgan fingerprint density at radius 1 is 1.10 bits per heavy atom. The van der Waals surface area contributed by atoms with Gasteiger partial charge in [-0.1, -0.05) is 31.2 Å². The molecule has 0 aliphatic heterocycles. The monoisotopic (exact) mass is 433 g/mol. The maximum Gasteiger partial charge on any atom is 0.323 e. The highest BCUT2D eigenvalue weighted by molar-refractivity contribution is 7.19. The van der Waals surface area contributed by atoms with Crippen LogP contribution in [-0.4, -0.2) is 27.7 Å². The van der Waals surface area contributed by atoms with E-state index in [0.717, 1.165) is 43.9 Å². The first kappa shape index (κ1) is 20.8. The SMILES string of the molecule is CCc1cccc(NC(=O)Nc2ccc(-c3c(CCO)sc4ncnc(N)c34)cc2)c1. The number of aliphatic hydroxyl groups excluding tert-OH is 1. The Hall–Kier alpha value is -3.49. The van der Waals surface area contributed by atoms with E-state index in [1.807, 2.05) is 48.5 Å². The summed E-state index contributed by atoms with van der Waals surface area (Å²) in [5.74, 6) is 0.413. The third-order valence-electron chi connectivity index (χ3n) is 4.95. The summed E-state index contributed by atoms with van der Waals surface area (Å²) in [4.78, 5) is 22.6. The lowest BCUT2D eigenvalue weighted by molar-refractivity contribution is 0.262. The second-order valence-corrected chi connectivity index (χ2v) is 8.11. The van der Waals surface area contributed by atoms with Gasteiger partial charge >= 0.3 is 6.03 Å². The summed E-state index contributed by atoms with van der Waals surface area (Å²) < 4.78 is 0. The molecule has 0 aliphatic carbocycles. The predicted octanol–water partition coefficient (Wildman–Crippen LogP) is 4.68. The number of thiophene rings is 1. The smallest absolute Gasteiger partial charge is 0.323 e. The summed E-state index contributed by atoms with van der Waals surface area (Å²) in [6, 6.07) is 15.0. The molecule has 158 valence electrons. The van der Waals surface area contributed by atoms with Crippen LogP contribution in [0.4, 0.5) is 22.0 Å². The zero-order valence-electron chi connectivity index (χ0n) is 17.1. The average Bonchev–Trinajstić information content (AvgIpc) is 3.14. The quantitative estimate of drug-likeness (QED) is 0.353. The topological polar surface area (TPSA) is 113 Å². The Labute approximate surface area is 184 Å². The van der Waals surface area contributed by atoms with Crippen LogP contribution < -0.4 is 16.4 Å².